The average molecular weight is 467 g/mol. The van der Waals surface area contributed by atoms with Gasteiger partial charge in [-0.1, -0.05) is 29.0 Å². The van der Waals surface area contributed by atoms with Gasteiger partial charge in [0, 0.05) is 24.8 Å². The molecule has 1 fully saturated rings. The Hall–Kier alpha value is -2.60. The fourth-order valence-electron chi connectivity index (χ4n) is 2.87. The van der Waals surface area contributed by atoms with E-state index in [2.05, 4.69) is 20.4 Å². The number of rotatable bonds is 5. The number of ether oxygens (including phenoxy) is 1. The number of alkyl halides is 2. The molecule has 0 saturated carbocycles. The van der Waals surface area contributed by atoms with Crippen molar-refractivity contribution in [1.29, 1.82) is 0 Å². The summed E-state index contributed by atoms with van der Waals surface area (Å²) >= 11 is 6.30. The lowest BCUT2D eigenvalue weighted by Crippen LogP contribution is -2.58. The number of benzene rings is 1. The summed E-state index contributed by atoms with van der Waals surface area (Å²) in [5, 5.41) is 3.95. The lowest BCUT2D eigenvalue weighted by atomic mass is 10.0. The molecule has 0 radical (unpaired) electrons. The van der Waals surface area contributed by atoms with Crippen LogP contribution in [0.3, 0.4) is 0 Å². The Labute approximate surface area is 177 Å². The number of thiazole rings is 1. The molecule has 3 amide bonds. The Morgan fingerprint density at radius 1 is 1.43 bits per heavy atom. The molecule has 0 spiro atoms. The van der Waals surface area contributed by atoms with Crippen molar-refractivity contribution in [3.05, 3.63) is 45.4 Å². The molecule has 3 rings (SSSR count). The van der Waals surface area contributed by atoms with Gasteiger partial charge in [0.2, 0.25) is 5.91 Å². The van der Waals surface area contributed by atoms with Crippen LogP contribution in [-0.2, 0) is 4.79 Å². The lowest BCUT2D eigenvalue weighted by molar-refractivity contribution is -0.126. The molecule has 2 N–H and O–H groups in total. The minimum atomic E-state index is -3.12. The van der Waals surface area contributed by atoms with E-state index in [1.165, 1.54) is 11.8 Å². The van der Waals surface area contributed by atoms with E-state index in [0.29, 0.717) is 11.3 Å². The van der Waals surface area contributed by atoms with E-state index in [1.54, 1.807) is 0 Å². The third-order valence-electron chi connectivity index (χ3n) is 4.38. The molecule has 1 saturated heterocycles. The molecule has 1 aliphatic rings. The molecule has 13 heteroatoms. The van der Waals surface area contributed by atoms with Gasteiger partial charge in [-0.15, -0.1) is 0 Å². The molecular weight excluding hydrogens is 452 g/mol. The van der Waals surface area contributed by atoms with Gasteiger partial charge in [0.05, 0.1) is 10.9 Å². The van der Waals surface area contributed by atoms with Crippen LogP contribution in [-0.4, -0.2) is 47.6 Å². The number of halogens is 5. The van der Waals surface area contributed by atoms with Crippen LogP contribution >= 0.6 is 22.9 Å². The van der Waals surface area contributed by atoms with Gasteiger partial charge in [0.1, 0.15) is 22.7 Å². The quantitative estimate of drug-likeness (QED) is 0.523. The molecule has 0 aliphatic carbocycles. The number of urea groups is 1. The Kier molecular flexibility index (Phi) is 6.66. The molecule has 1 aromatic heterocycles. The van der Waals surface area contributed by atoms with Gasteiger partial charge in [-0.05, 0) is 13.0 Å². The number of amides is 3. The molecule has 0 unspecified atom stereocenters. The van der Waals surface area contributed by atoms with Crippen LogP contribution in [0.2, 0.25) is 5.02 Å². The Balaban J connectivity index is 1.96. The third kappa shape index (κ3) is 4.59. The minimum Gasteiger partial charge on any atom is -0.408 e. The summed E-state index contributed by atoms with van der Waals surface area (Å²) in [7, 11) is 0. The highest BCUT2D eigenvalue weighted by atomic mass is 35.5. The zero-order valence-electron chi connectivity index (χ0n) is 15.3. The first-order valence-corrected chi connectivity index (χ1v) is 9.77. The largest absolute Gasteiger partial charge is 0.408 e. The highest BCUT2D eigenvalue weighted by molar-refractivity contribution is 7.13. The van der Waals surface area contributed by atoms with Crippen molar-refractivity contribution in [2.45, 2.75) is 25.6 Å². The topological polar surface area (TPSA) is 83.6 Å². The first-order valence-electron chi connectivity index (χ1n) is 8.57. The number of aromatic nitrogens is 1. The predicted molar refractivity (Wildman–Crippen MR) is 99.7 cm³/mol. The smallest absolute Gasteiger partial charge is 0.389 e. The number of nitrogens with zero attached hydrogens (tertiary/aromatic N) is 2. The molecule has 7 nitrogen and oxygen atoms in total. The van der Waals surface area contributed by atoms with Crippen LogP contribution in [0.15, 0.2) is 18.3 Å². The number of piperazine rings is 1. The number of hydrogen-bond acceptors (Lipinski definition) is 5. The van der Waals surface area contributed by atoms with Gasteiger partial charge in [0.25, 0.3) is 5.19 Å². The highest BCUT2D eigenvalue weighted by Crippen LogP contribution is 2.35. The van der Waals surface area contributed by atoms with Crippen molar-refractivity contribution in [2.75, 3.05) is 13.1 Å². The zero-order chi connectivity index (χ0) is 22.0. The summed E-state index contributed by atoms with van der Waals surface area (Å²) in [6.45, 7) is -1.19. The molecule has 0 bridgehead atoms. The van der Waals surface area contributed by atoms with E-state index < -0.39 is 46.6 Å². The monoisotopic (exact) mass is 466 g/mol. The maximum atomic E-state index is 14.7. The van der Waals surface area contributed by atoms with Crippen LogP contribution in [0, 0.1) is 11.6 Å². The molecule has 2 heterocycles. The van der Waals surface area contributed by atoms with Gasteiger partial charge in [-0.25, -0.2) is 18.6 Å². The van der Waals surface area contributed by atoms with Crippen LogP contribution in [0.25, 0.3) is 0 Å². The zero-order valence-corrected chi connectivity index (χ0v) is 16.9. The van der Waals surface area contributed by atoms with Gasteiger partial charge < -0.3 is 20.3 Å². The van der Waals surface area contributed by atoms with Crippen LogP contribution in [0.5, 0.6) is 5.19 Å². The van der Waals surface area contributed by atoms with Crippen molar-refractivity contribution in [3.63, 3.8) is 0 Å². The average Bonchev–Trinajstić information content (AvgIpc) is 3.14. The van der Waals surface area contributed by atoms with Crippen molar-refractivity contribution in [1.82, 2.24) is 20.5 Å². The summed E-state index contributed by atoms with van der Waals surface area (Å²) in [6, 6.07) is -0.775. The second kappa shape index (κ2) is 9.04. The van der Waals surface area contributed by atoms with E-state index in [-0.39, 0.29) is 29.4 Å². The van der Waals surface area contributed by atoms with Crippen LogP contribution in [0.1, 0.15) is 23.4 Å². The number of carbonyl (C=O) groups is 2. The minimum absolute atomic E-state index is 0.134. The summed E-state index contributed by atoms with van der Waals surface area (Å²) in [5.41, 5.74) is -0.212. The van der Waals surface area contributed by atoms with E-state index >= 15 is 0 Å². The lowest BCUT2D eigenvalue weighted by Gasteiger charge is -2.34. The summed E-state index contributed by atoms with van der Waals surface area (Å²) in [4.78, 5) is 29.7. The summed E-state index contributed by atoms with van der Waals surface area (Å²) < 4.78 is 57.4. The molecule has 30 heavy (non-hydrogen) atoms. The second-order valence-electron chi connectivity index (χ2n) is 6.21. The van der Waals surface area contributed by atoms with Crippen molar-refractivity contribution >= 4 is 34.9 Å². The van der Waals surface area contributed by atoms with Crippen molar-refractivity contribution < 1.29 is 31.9 Å². The number of carbonyl (C=O) groups excluding carboxylic acids is 2. The van der Waals surface area contributed by atoms with Crippen LogP contribution in [0.4, 0.5) is 22.4 Å². The maximum Gasteiger partial charge on any atom is 0.389 e. The van der Waals surface area contributed by atoms with Crippen LogP contribution < -0.4 is 15.4 Å². The fourth-order valence-corrected chi connectivity index (χ4v) is 3.88. The molecule has 162 valence electrons. The van der Waals surface area contributed by atoms with Gasteiger partial charge in [-0.3, -0.25) is 4.79 Å². The molecule has 2 aromatic rings. The number of nitrogens with one attached hydrogen (secondary N) is 2. The Morgan fingerprint density at radius 2 is 2.17 bits per heavy atom. The maximum absolute atomic E-state index is 14.7. The van der Waals surface area contributed by atoms with Gasteiger partial charge in [0.15, 0.2) is 0 Å². The SMILES string of the molecule is C[C@@H]1C(=O)NCCN1C(=O)N[C@H](c1cnc(OC(F)F)s1)c1ccc(F)c(Cl)c1F. The first-order chi connectivity index (χ1) is 14.2. The molecular formula is C17H15ClF4N4O3S. The normalized spacial score (nSPS) is 17.6. The third-order valence-corrected chi connectivity index (χ3v) is 5.68. The van der Waals surface area contributed by atoms with E-state index in [1.807, 2.05) is 0 Å². The first kappa shape index (κ1) is 22.1. The van der Waals surface area contributed by atoms with E-state index in [4.69, 9.17) is 11.6 Å². The Bertz CT molecular complexity index is 961. The summed E-state index contributed by atoms with van der Waals surface area (Å²) in [5.74, 6) is -2.50. The molecule has 1 aliphatic heterocycles. The van der Waals surface area contributed by atoms with Gasteiger partial charge in [-0.2, -0.15) is 8.78 Å². The number of hydrogen-bond donors (Lipinski definition) is 2. The highest BCUT2D eigenvalue weighted by Gasteiger charge is 2.32. The summed E-state index contributed by atoms with van der Waals surface area (Å²) in [6.07, 6.45) is 1.12. The molecule has 1 aromatic carbocycles. The predicted octanol–water partition coefficient (Wildman–Crippen LogP) is 3.30. The van der Waals surface area contributed by atoms with E-state index in [0.717, 1.165) is 18.3 Å². The van der Waals surface area contributed by atoms with Crippen molar-refractivity contribution in [3.8, 4) is 5.19 Å². The standard InChI is InChI=1S/C17H15ClF4N4O3S/c1-7-14(27)23-4-5-26(7)16(28)25-13(8-2-3-9(19)11(18)12(8)20)10-6-24-17(30-10)29-15(21)22/h2-3,6-7,13,15H,4-5H2,1H3,(H,23,27)(H,25,28)/t7-,13+/m1/s1. The second-order valence-corrected chi connectivity index (χ2v) is 7.62. The van der Waals surface area contributed by atoms with Crippen molar-refractivity contribution in [2.24, 2.45) is 0 Å². The fraction of sp³-hybridized carbons (Fsp3) is 0.353. The van der Waals surface area contributed by atoms with E-state index in [9.17, 15) is 27.2 Å². The Morgan fingerprint density at radius 3 is 2.87 bits per heavy atom. The van der Waals surface area contributed by atoms with Gasteiger partial charge >= 0.3 is 12.6 Å². The molecule has 2 atom stereocenters.